The molecule has 0 aliphatic carbocycles. The quantitative estimate of drug-likeness (QED) is 0.329. The normalized spacial score (nSPS) is 11.9. The molecule has 170 valence electrons. The number of fused-ring (bicyclic) bond motifs is 1. The molecule has 2 aromatic heterocycles. The van der Waals surface area contributed by atoms with Gasteiger partial charge in [0.15, 0.2) is 11.6 Å². The predicted molar refractivity (Wildman–Crippen MR) is 128 cm³/mol. The summed E-state index contributed by atoms with van der Waals surface area (Å²) in [5.74, 6) is -1.24. The molecule has 0 atom stereocenters. The number of aryl methyl sites for hydroxylation is 1. The van der Waals surface area contributed by atoms with Crippen molar-refractivity contribution in [3.8, 4) is 17.7 Å². The Morgan fingerprint density at radius 1 is 1.15 bits per heavy atom. The van der Waals surface area contributed by atoms with E-state index >= 15 is 0 Å². The summed E-state index contributed by atoms with van der Waals surface area (Å²) in [6.45, 7) is 1.73. The molecule has 10 heteroatoms. The molecule has 0 radical (unpaired) electrons. The van der Waals surface area contributed by atoms with Crippen LogP contribution in [-0.4, -0.2) is 17.8 Å². The number of hydrogen-bond donors (Lipinski definition) is 0. The van der Waals surface area contributed by atoms with Crippen LogP contribution in [0.15, 0.2) is 85.9 Å². The zero-order valence-corrected chi connectivity index (χ0v) is 20.0. The highest BCUT2D eigenvalue weighted by Crippen LogP contribution is 2.29. The SMILES string of the molecule is Cc1cccn2c(=O)c(C=C(C#N)S(=O)(=O)c3ccc(Br)cc3)c(Oc3ccccc3F)nc12. The molecule has 4 rings (SSSR count). The lowest BCUT2D eigenvalue weighted by Gasteiger charge is -2.12. The molecule has 0 aliphatic heterocycles. The fourth-order valence-corrected chi connectivity index (χ4v) is 4.57. The average molecular weight is 540 g/mol. The summed E-state index contributed by atoms with van der Waals surface area (Å²) < 4.78 is 47.9. The van der Waals surface area contributed by atoms with E-state index < -0.39 is 26.1 Å². The second-order valence-corrected chi connectivity index (χ2v) is 9.96. The van der Waals surface area contributed by atoms with Crippen LogP contribution in [-0.2, 0) is 9.84 Å². The lowest BCUT2D eigenvalue weighted by Crippen LogP contribution is -2.20. The zero-order valence-electron chi connectivity index (χ0n) is 17.6. The summed E-state index contributed by atoms with van der Waals surface area (Å²) in [5, 5.41) is 9.68. The highest BCUT2D eigenvalue weighted by Gasteiger charge is 2.24. The third-order valence-electron chi connectivity index (χ3n) is 4.89. The number of nitriles is 1. The first-order valence-electron chi connectivity index (χ1n) is 9.79. The van der Waals surface area contributed by atoms with Gasteiger partial charge in [0.2, 0.25) is 15.7 Å². The van der Waals surface area contributed by atoms with Gasteiger partial charge in [-0.2, -0.15) is 10.2 Å². The summed E-state index contributed by atoms with van der Waals surface area (Å²) in [6.07, 6.45) is 2.36. The number of ether oxygens (including phenoxy) is 1. The number of pyridine rings is 1. The Balaban J connectivity index is 1.98. The Bertz CT molecular complexity index is 1660. The molecule has 4 aromatic rings. The number of allylic oxidation sites excluding steroid dienone is 1. The zero-order chi connectivity index (χ0) is 24.5. The summed E-state index contributed by atoms with van der Waals surface area (Å²) in [5.41, 5.74) is -0.121. The Morgan fingerprint density at radius 3 is 2.53 bits per heavy atom. The molecule has 2 heterocycles. The Kier molecular flexibility index (Phi) is 6.32. The van der Waals surface area contributed by atoms with Crippen LogP contribution in [0.2, 0.25) is 0 Å². The molecule has 2 aromatic carbocycles. The lowest BCUT2D eigenvalue weighted by atomic mass is 10.2. The van der Waals surface area contributed by atoms with Gasteiger partial charge in [0, 0.05) is 10.7 Å². The van der Waals surface area contributed by atoms with Gasteiger partial charge in [0.05, 0.1) is 4.90 Å². The van der Waals surface area contributed by atoms with E-state index in [-0.39, 0.29) is 27.7 Å². The third-order valence-corrected chi connectivity index (χ3v) is 7.10. The molecule has 0 amide bonds. The molecule has 34 heavy (non-hydrogen) atoms. The van der Waals surface area contributed by atoms with Gasteiger partial charge in [-0.25, -0.2) is 12.8 Å². The highest BCUT2D eigenvalue weighted by atomic mass is 79.9. The number of halogens is 2. The molecule has 0 N–H and O–H groups in total. The van der Waals surface area contributed by atoms with Crippen LogP contribution in [0.5, 0.6) is 11.6 Å². The minimum Gasteiger partial charge on any atom is -0.435 e. The van der Waals surface area contributed by atoms with E-state index in [0.717, 1.165) is 6.08 Å². The maximum atomic E-state index is 14.3. The number of rotatable bonds is 5. The molecule has 0 aliphatic rings. The number of benzene rings is 2. The van der Waals surface area contributed by atoms with Gasteiger partial charge >= 0.3 is 0 Å². The molecule has 7 nitrogen and oxygen atoms in total. The molecule has 0 saturated carbocycles. The average Bonchev–Trinajstić information content (AvgIpc) is 2.81. The van der Waals surface area contributed by atoms with Crippen LogP contribution >= 0.6 is 15.9 Å². The van der Waals surface area contributed by atoms with Crippen molar-refractivity contribution >= 4 is 37.5 Å². The lowest BCUT2D eigenvalue weighted by molar-refractivity contribution is 0.426. The van der Waals surface area contributed by atoms with Crippen molar-refractivity contribution in [3.63, 3.8) is 0 Å². The summed E-state index contributed by atoms with van der Waals surface area (Å²) >= 11 is 3.23. The maximum Gasteiger partial charge on any atom is 0.269 e. The van der Waals surface area contributed by atoms with Gasteiger partial charge in [-0.1, -0.05) is 34.1 Å². The van der Waals surface area contributed by atoms with Crippen molar-refractivity contribution in [1.82, 2.24) is 9.38 Å². The Morgan fingerprint density at radius 2 is 1.85 bits per heavy atom. The second kappa shape index (κ2) is 9.21. The van der Waals surface area contributed by atoms with Gasteiger partial charge in [-0.05, 0) is 61.0 Å². The van der Waals surface area contributed by atoms with Crippen LogP contribution in [0, 0.1) is 24.1 Å². The number of sulfone groups is 1. The van der Waals surface area contributed by atoms with Crippen LogP contribution in [0.4, 0.5) is 4.39 Å². The molecular formula is C24H15BrFN3O4S. The number of aromatic nitrogens is 2. The van der Waals surface area contributed by atoms with Crippen molar-refractivity contribution in [2.75, 3.05) is 0 Å². The van der Waals surface area contributed by atoms with Crippen LogP contribution in [0.25, 0.3) is 11.7 Å². The highest BCUT2D eigenvalue weighted by molar-refractivity contribution is 9.10. The Hall–Kier alpha value is -3.81. The van der Waals surface area contributed by atoms with Crippen molar-refractivity contribution < 1.29 is 17.5 Å². The minimum atomic E-state index is -4.27. The van der Waals surface area contributed by atoms with Crippen LogP contribution < -0.4 is 10.3 Å². The summed E-state index contributed by atoms with van der Waals surface area (Å²) in [4.78, 5) is 16.8. The predicted octanol–water partition coefficient (Wildman–Crippen LogP) is 5.04. The van der Waals surface area contributed by atoms with Crippen molar-refractivity contribution in [2.24, 2.45) is 0 Å². The van der Waals surface area contributed by atoms with Crippen molar-refractivity contribution in [1.29, 1.82) is 5.26 Å². The van der Waals surface area contributed by atoms with Gasteiger partial charge in [-0.3, -0.25) is 9.20 Å². The van der Waals surface area contributed by atoms with Gasteiger partial charge in [-0.15, -0.1) is 0 Å². The smallest absolute Gasteiger partial charge is 0.269 e. The molecule has 0 spiro atoms. The molecule has 0 bridgehead atoms. The molecule has 0 fully saturated rings. The Labute approximate surface area is 202 Å². The van der Waals surface area contributed by atoms with E-state index in [1.807, 2.05) is 0 Å². The monoisotopic (exact) mass is 539 g/mol. The van der Waals surface area contributed by atoms with E-state index in [9.17, 15) is 22.9 Å². The first kappa shape index (κ1) is 23.4. The van der Waals surface area contributed by atoms with Crippen molar-refractivity contribution in [2.45, 2.75) is 11.8 Å². The number of nitrogens with zero attached hydrogens (tertiary/aromatic N) is 3. The number of para-hydroxylation sites is 1. The summed E-state index contributed by atoms with van der Waals surface area (Å²) in [6, 6.07) is 16.2. The maximum absolute atomic E-state index is 14.3. The van der Waals surface area contributed by atoms with E-state index in [0.29, 0.717) is 10.0 Å². The minimum absolute atomic E-state index is 0.134. The molecule has 0 saturated heterocycles. The second-order valence-electron chi connectivity index (χ2n) is 7.13. The first-order valence-corrected chi connectivity index (χ1v) is 12.1. The van der Waals surface area contributed by atoms with E-state index in [1.54, 1.807) is 25.1 Å². The topological polar surface area (TPSA) is 102 Å². The first-order chi connectivity index (χ1) is 16.2. The fourth-order valence-electron chi connectivity index (χ4n) is 3.17. The largest absolute Gasteiger partial charge is 0.435 e. The summed E-state index contributed by atoms with van der Waals surface area (Å²) in [7, 11) is -4.27. The van der Waals surface area contributed by atoms with E-state index in [2.05, 4.69) is 20.9 Å². The van der Waals surface area contributed by atoms with Gasteiger partial charge < -0.3 is 4.74 Å². The third kappa shape index (κ3) is 4.35. The standard InChI is InChI=1S/C24H15BrFN3O4S/c1-15-5-4-12-29-22(15)28-23(33-21-7-3-2-6-20(21)26)19(24(29)30)13-18(14-27)34(31,32)17-10-8-16(25)9-11-17/h2-13H,1H3. The van der Waals surface area contributed by atoms with Gasteiger partial charge in [0.1, 0.15) is 22.2 Å². The van der Waals surface area contributed by atoms with E-state index in [4.69, 9.17) is 4.74 Å². The molecular weight excluding hydrogens is 525 g/mol. The fraction of sp³-hybridized carbons (Fsp3) is 0.0417. The molecule has 0 unspecified atom stereocenters. The van der Waals surface area contributed by atoms with Gasteiger partial charge in [0.25, 0.3) is 5.56 Å². The van der Waals surface area contributed by atoms with Crippen molar-refractivity contribution in [3.05, 3.63) is 104 Å². The number of hydrogen-bond acceptors (Lipinski definition) is 6. The van der Waals surface area contributed by atoms with Crippen LogP contribution in [0.1, 0.15) is 11.1 Å². The van der Waals surface area contributed by atoms with Crippen LogP contribution in [0.3, 0.4) is 0 Å². The van der Waals surface area contributed by atoms with E-state index in [1.165, 1.54) is 59.1 Å².